The zero-order valence-electron chi connectivity index (χ0n) is 17.5. The van der Waals surface area contributed by atoms with Crippen LogP contribution in [0.5, 0.6) is 0 Å². The highest BCUT2D eigenvalue weighted by Crippen LogP contribution is 2.49. The Morgan fingerprint density at radius 1 is 0.933 bits per heavy atom. The number of benzene rings is 3. The van der Waals surface area contributed by atoms with E-state index in [1.165, 1.54) is 49.8 Å². The lowest BCUT2D eigenvalue weighted by atomic mass is 9.81. The predicted octanol–water partition coefficient (Wildman–Crippen LogP) is 8.35. The number of aromatic nitrogens is 1. The summed E-state index contributed by atoms with van der Waals surface area (Å²) in [6.45, 7) is 10.8. The van der Waals surface area contributed by atoms with E-state index >= 15 is 0 Å². The Labute approximate surface area is 186 Å². The lowest BCUT2D eigenvalue weighted by Gasteiger charge is -2.23. The lowest BCUT2D eigenvalue weighted by molar-refractivity contribution is 0.655. The Morgan fingerprint density at radius 3 is 2.37 bits per heavy atom. The quantitative estimate of drug-likeness (QED) is 0.293. The van der Waals surface area contributed by atoms with Crippen molar-refractivity contribution >= 4 is 43.3 Å². The Morgan fingerprint density at radius 2 is 1.67 bits per heavy atom. The minimum atomic E-state index is -0.0847. The van der Waals surface area contributed by atoms with Gasteiger partial charge in [-0.25, -0.2) is 0 Å². The first-order chi connectivity index (χ1) is 14.5. The highest BCUT2D eigenvalue weighted by atomic mass is 79.9. The van der Waals surface area contributed by atoms with E-state index < -0.39 is 0 Å². The van der Waals surface area contributed by atoms with Gasteiger partial charge in [0.1, 0.15) is 0 Å². The van der Waals surface area contributed by atoms with Crippen molar-refractivity contribution in [2.45, 2.75) is 26.2 Å². The van der Waals surface area contributed by atoms with E-state index in [2.05, 4.69) is 121 Å². The molecule has 1 aromatic heterocycles. The fourth-order valence-corrected chi connectivity index (χ4v) is 5.33. The monoisotopic (exact) mass is 453 g/mol. The van der Waals surface area contributed by atoms with E-state index in [0.29, 0.717) is 0 Å². The van der Waals surface area contributed by atoms with E-state index in [1.807, 2.05) is 6.08 Å². The molecule has 0 saturated carbocycles. The smallest absolute Gasteiger partial charge is 0.0544 e. The number of halogens is 1. The van der Waals surface area contributed by atoms with Crippen LogP contribution < -0.4 is 0 Å². The average Bonchev–Trinajstić information content (AvgIpc) is 3.16. The molecule has 148 valence electrons. The summed E-state index contributed by atoms with van der Waals surface area (Å²) < 4.78 is 3.48. The fourth-order valence-electron chi connectivity index (χ4n) is 4.97. The van der Waals surface area contributed by atoms with Gasteiger partial charge in [0.15, 0.2) is 0 Å². The van der Waals surface area contributed by atoms with Gasteiger partial charge in [-0.05, 0) is 71.7 Å². The number of hydrogen-bond acceptors (Lipinski definition) is 0. The molecule has 2 heteroatoms. The molecule has 0 atom stereocenters. The van der Waals surface area contributed by atoms with Gasteiger partial charge < -0.3 is 4.57 Å². The van der Waals surface area contributed by atoms with Crippen molar-refractivity contribution in [1.29, 1.82) is 0 Å². The summed E-state index contributed by atoms with van der Waals surface area (Å²) in [7, 11) is 0. The molecular formula is C28H24BrN. The first-order valence-electron chi connectivity index (χ1n) is 10.3. The normalized spacial score (nSPS) is 15.5. The van der Waals surface area contributed by atoms with Gasteiger partial charge >= 0.3 is 0 Å². The summed E-state index contributed by atoms with van der Waals surface area (Å²) in [4.78, 5) is 0. The Bertz CT molecular complexity index is 1380. The van der Waals surface area contributed by atoms with E-state index in [4.69, 9.17) is 0 Å². The Kier molecular flexibility index (Phi) is 4.37. The van der Waals surface area contributed by atoms with E-state index in [-0.39, 0.29) is 5.41 Å². The van der Waals surface area contributed by atoms with Crippen LogP contribution in [0.4, 0.5) is 0 Å². The Hall–Kier alpha value is -2.84. The number of rotatable bonds is 3. The molecule has 0 spiro atoms. The molecule has 0 radical (unpaired) electrons. The molecule has 1 aliphatic rings. The van der Waals surface area contributed by atoms with Crippen LogP contribution in [0.25, 0.3) is 33.1 Å². The van der Waals surface area contributed by atoms with Crippen molar-refractivity contribution < 1.29 is 0 Å². The van der Waals surface area contributed by atoms with Crippen LogP contribution in [-0.4, -0.2) is 4.57 Å². The Balaban J connectivity index is 1.96. The third-order valence-electron chi connectivity index (χ3n) is 6.35. The summed E-state index contributed by atoms with van der Waals surface area (Å²) in [6.07, 6.45) is 6.38. The van der Waals surface area contributed by atoms with Gasteiger partial charge in [0.25, 0.3) is 0 Å². The number of para-hydroxylation sites is 1. The first kappa shape index (κ1) is 19.1. The number of fused-ring (bicyclic) bond motifs is 4. The topological polar surface area (TPSA) is 4.93 Å². The SMILES string of the molecule is C=CC1=C(/C=C\C)c2cc3c4cc(Br)ccc4n(-c4ccccc4)c3cc2C1(C)C. The van der Waals surface area contributed by atoms with Crippen molar-refractivity contribution in [3.63, 3.8) is 0 Å². The molecule has 1 nitrogen and oxygen atoms in total. The summed E-state index contributed by atoms with van der Waals surface area (Å²) in [5.41, 5.74) is 8.81. The van der Waals surface area contributed by atoms with Crippen molar-refractivity contribution in [1.82, 2.24) is 4.57 Å². The number of allylic oxidation sites excluding steroid dienone is 5. The highest BCUT2D eigenvalue weighted by molar-refractivity contribution is 9.10. The second-order valence-corrected chi connectivity index (χ2v) is 9.32. The molecule has 0 bridgehead atoms. The van der Waals surface area contributed by atoms with Crippen LogP contribution in [0.2, 0.25) is 0 Å². The highest BCUT2D eigenvalue weighted by Gasteiger charge is 2.36. The van der Waals surface area contributed by atoms with Gasteiger partial charge in [-0.1, -0.05) is 72.8 Å². The molecule has 4 aromatic rings. The van der Waals surface area contributed by atoms with Gasteiger partial charge in [-0.15, -0.1) is 0 Å². The van der Waals surface area contributed by atoms with Crippen LogP contribution in [0.15, 0.2) is 95.5 Å². The fraction of sp³-hybridized carbons (Fsp3) is 0.143. The summed E-state index contributed by atoms with van der Waals surface area (Å²) in [5.74, 6) is 0. The van der Waals surface area contributed by atoms with Crippen LogP contribution in [0, 0.1) is 0 Å². The van der Waals surface area contributed by atoms with Crippen molar-refractivity contribution in [2.75, 3.05) is 0 Å². The molecule has 0 fully saturated rings. The second-order valence-electron chi connectivity index (χ2n) is 8.40. The molecule has 30 heavy (non-hydrogen) atoms. The maximum absolute atomic E-state index is 4.13. The third kappa shape index (κ3) is 2.60. The second kappa shape index (κ2) is 6.85. The molecular weight excluding hydrogens is 430 g/mol. The van der Waals surface area contributed by atoms with Crippen molar-refractivity contribution in [2.24, 2.45) is 0 Å². The maximum Gasteiger partial charge on any atom is 0.0544 e. The zero-order valence-corrected chi connectivity index (χ0v) is 19.1. The van der Waals surface area contributed by atoms with Crippen molar-refractivity contribution in [3.8, 4) is 5.69 Å². The van der Waals surface area contributed by atoms with Crippen molar-refractivity contribution in [3.05, 3.63) is 107 Å². The summed E-state index contributed by atoms with van der Waals surface area (Å²) in [6, 6.07) is 22.0. The zero-order chi connectivity index (χ0) is 21.0. The standard InChI is InChI=1S/C28H24BrN/c1-5-10-20-21-16-23-22-15-18(29)13-14-26(22)30(19-11-8-7-9-12-19)27(23)17-25(21)28(3,4)24(20)6-2/h5-17H,2H2,1,3-4H3/b10-5-. The van der Waals surface area contributed by atoms with Crippen LogP contribution in [0.1, 0.15) is 31.9 Å². The molecule has 5 rings (SSSR count). The van der Waals surface area contributed by atoms with Crippen LogP contribution >= 0.6 is 15.9 Å². The molecule has 0 amide bonds. The largest absolute Gasteiger partial charge is 0.309 e. The van der Waals surface area contributed by atoms with Gasteiger partial charge in [0, 0.05) is 26.3 Å². The first-order valence-corrected chi connectivity index (χ1v) is 11.1. The lowest BCUT2D eigenvalue weighted by Crippen LogP contribution is -2.16. The molecule has 1 heterocycles. The molecule has 1 aliphatic carbocycles. The molecule has 0 saturated heterocycles. The number of nitrogens with zero attached hydrogens (tertiary/aromatic N) is 1. The summed E-state index contributed by atoms with van der Waals surface area (Å²) in [5, 5.41) is 2.53. The third-order valence-corrected chi connectivity index (χ3v) is 6.84. The van der Waals surface area contributed by atoms with E-state index in [9.17, 15) is 0 Å². The van der Waals surface area contributed by atoms with E-state index in [1.54, 1.807) is 0 Å². The van der Waals surface area contributed by atoms with E-state index in [0.717, 1.165) is 4.47 Å². The number of hydrogen-bond donors (Lipinski definition) is 0. The summed E-state index contributed by atoms with van der Waals surface area (Å²) >= 11 is 3.68. The molecule has 3 aromatic carbocycles. The van der Waals surface area contributed by atoms with Crippen LogP contribution in [-0.2, 0) is 5.41 Å². The molecule has 0 N–H and O–H groups in total. The molecule has 0 aliphatic heterocycles. The predicted molar refractivity (Wildman–Crippen MR) is 133 cm³/mol. The minimum absolute atomic E-state index is 0.0847. The van der Waals surface area contributed by atoms with Gasteiger partial charge in [-0.3, -0.25) is 0 Å². The van der Waals surface area contributed by atoms with Crippen LogP contribution in [0.3, 0.4) is 0 Å². The van der Waals surface area contributed by atoms with Gasteiger partial charge in [-0.2, -0.15) is 0 Å². The average molecular weight is 454 g/mol. The minimum Gasteiger partial charge on any atom is -0.309 e. The maximum atomic E-state index is 4.13. The van der Waals surface area contributed by atoms with Gasteiger partial charge in [0.2, 0.25) is 0 Å². The van der Waals surface area contributed by atoms with Gasteiger partial charge in [0.05, 0.1) is 11.0 Å². The molecule has 0 unspecified atom stereocenters.